The quantitative estimate of drug-likeness (QED) is 0.783. The Kier molecular flexibility index (Phi) is 3.40. The van der Waals surface area contributed by atoms with Gasteiger partial charge >= 0.3 is 0 Å². The lowest BCUT2D eigenvalue weighted by Crippen LogP contribution is -2.38. The van der Waals surface area contributed by atoms with E-state index in [0.29, 0.717) is 31.6 Å². The maximum Gasteiger partial charge on any atom is 0.130 e. The van der Waals surface area contributed by atoms with Gasteiger partial charge in [0.15, 0.2) is 0 Å². The van der Waals surface area contributed by atoms with Crippen LogP contribution in [0.2, 0.25) is 0 Å². The molecule has 1 saturated heterocycles. The van der Waals surface area contributed by atoms with Crippen LogP contribution < -0.4 is 4.90 Å². The van der Waals surface area contributed by atoms with Crippen LogP contribution in [0.5, 0.6) is 0 Å². The van der Waals surface area contributed by atoms with Crippen LogP contribution >= 0.6 is 0 Å². The Labute approximate surface area is 138 Å². The van der Waals surface area contributed by atoms with E-state index < -0.39 is 5.60 Å². The summed E-state index contributed by atoms with van der Waals surface area (Å²) in [4.78, 5) is 6.68. The number of aromatic nitrogens is 4. The van der Waals surface area contributed by atoms with Gasteiger partial charge < -0.3 is 10.0 Å². The Morgan fingerprint density at radius 1 is 1.33 bits per heavy atom. The molecule has 1 unspecified atom stereocenters. The van der Waals surface area contributed by atoms with Crippen LogP contribution in [0.15, 0.2) is 42.7 Å². The van der Waals surface area contributed by atoms with Crippen molar-refractivity contribution in [3.05, 3.63) is 48.3 Å². The molecule has 7 nitrogen and oxygen atoms in total. The molecular weight excluding hydrogens is 304 g/mol. The second kappa shape index (κ2) is 5.58. The van der Waals surface area contributed by atoms with Crippen molar-refractivity contribution < 1.29 is 5.11 Å². The fourth-order valence-electron chi connectivity index (χ4n) is 3.22. The molecule has 3 heterocycles. The van der Waals surface area contributed by atoms with Crippen molar-refractivity contribution in [2.24, 2.45) is 0 Å². The molecule has 1 N–H and O–H groups in total. The zero-order chi connectivity index (χ0) is 16.6. The van der Waals surface area contributed by atoms with Crippen molar-refractivity contribution in [1.82, 2.24) is 20.0 Å². The number of hydrogen-bond acceptors (Lipinski definition) is 6. The first-order valence-electron chi connectivity index (χ1n) is 7.78. The fraction of sp³-hybridized carbons (Fsp3) is 0.294. The standard InChI is InChI=1S/C17H16N6O/c18-10-13-9-16(20-15-4-2-1-3-14(13)15)22-7-5-17(24,11-22)12-23-8-6-19-21-23/h1-4,6,8-9,24H,5,7,11-12H2. The second-order valence-electron chi connectivity index (χ2n) is 6.15. The third-order valence-corrected chi connectivity index (χ3v) is 4.41. The lowest BCUT2D eigenvalue weighted by Gasteiger charge is -2.23. The fourth-order valence-corrected chi connectivity index (χ4v) is 3.22. The molecule has 1 atom stereocenters. The maximum atomic E-state index is 10.8. The van der Waals surface area contributed by atoms with Gasteiger partial charge in [0, 0.05) is 24.7 Å². The molecule has 7 heteroatoms. The van der Waals surface area contributed by atoms with Crippen molar-refractivity contribution in [2.45, 2.75) is 18.6 Å². The van der Waals surface area contributed by atoms with Gasteiger partial charge in [-0.1, -0.05) is 23.4 Å². The van der Waals surface area contributed by atoms with Crippen molar-refractivity contribution in [3.63, 3.8) is 0 Å². The van der Waals surface area contributed by atoms with E-state index in [2.05, 4.69) is 21.4 Å². The van der Waals surface area contributed by atoms with Gasteiger partial charge in [0.25, 0.3) is 0 Å². The number of rotatable bonds is 3. The van der Waals surface area contributed by atoms with Crippen LogP contribution in [0, 0.1) is 11.3 Å². The van der Waals surface area contributed by atoms with Crippen LogP contribution in [-0.2, 0) is 6.54 Å². The first kappa shape index (κ1) is 14.6. The molecule has 1 fully saturated rings. The van der Waals surface area contributed by atoms with Crippen molar-refractivity contribution in [2.75, 3.05) is 18.0 Å². The average Bonchev–Trinajstić information content (AvgIpc) is 3.24. The summed E-state index contributed by atoms with van der Waals surface area (Å²) in [5.41, 5.74) is 0.508. The van der Waals surface area contributed by atoms with E-state index in [-0.39, 0.29) is 0 Å². The number of hydrogen-bond donors (Lipinski definition) is 1. The van der Waals surface area contributed by atoms with E-state index in [1.807, 2.05) is 29.2 Å². The van der Waals surface area contributed by atoms with Gasteiger partial charge in [0.2, 0.25) is 0 Å². The van der Waals surface area contributed by atoms with Gasteiger partial charge in [-0.2, -0.15) is 5.26 Å². The highest BCUT2D eigenvalue weighted by Gasteiger charge is 2.37. The number of para-hydroxylation sites is 1. The zero-order valence-corrected chi connectivity index (χ0v) is 13.0. The number of benzene rings is 1. The number of aliphatic hydroxyl groups is 1. The summed E-state index contributed by atoms with van der Waals surface area (Å²) in [7, 11) is 0. The highest BCUT2D eigenvalue weighted by Crippen LogP contribution is 2.29. The lowest BCUT2D eigenvalue weighted by atomic mass is 10.0. The van der Waals surface area contributed by atoms with Crippen LogP contribution in [-0.4, -0.2) is 43.8 Å². The van der Waals surface area contributed by atoms with Gasteiger partial charge in [-0.15, -0.1) is 5.10 Å². The molecule has 1 aromatic carbocycles. The van der Waals surface area contributed by atoms with Crippen molar-refractivity contribution in [1.29, 1.82) is 5.26 Å². The molecule has 3 aromatic rings. The lowest BCUT2D eigenvalue weighted by molar-refractivity contribution is 0.0408. The Bertz CT molecular complexity index is 916. The van der Waals surface area contributed by atoms with Crippen LogP contribution in [0.4, 0.5) is 5.82 Å². The van der Waals surface area contributed by atoms with Gasteiger partial charge in [-0.25, -0.2) is 9.67 Å². The molecule has 0 radical (unpaired) electrons. The smallest absolute Gasteiger partial charge is 0.130 e. The number of pyridine rings is 1. The maximum absolute atomic E-state index is 10.8. The minimum Gasteiger partial charge on any atom is -0.386 e. The summed E-state index contributed by atoms with van der Waals surface area (Å²) in [5, 5.41) is 28.8. The predicted molar refractivity (Wildman–Crippen MR) is 88.3 cm³/mol. The van der Waals surface area contributed by atoms with E-state index in [1.165, 1.54) is 0 Å². The number of nitrogens with zero attached hydrogens (tertiary/aromatic N) is 6. The molecule has 24 heavy (non-hydrogen) atoms. The van der Waals surface area contributed by atoms with Crippen LogP contribution in [0.25, 0.3) is 10.9 Å². The first-order valence-corrected chi connectivity index (χ1v) is 7.78. The largest absolute Gasteiger partial charge is 0.386 e. The number of anilines is 1. The summed E-state index contributed by atoms with van der Waals surface area (Å²) in [6.45, 7) is 1.52. The summed E-state index contributed by atoms with van der Waals surface area (Å²) < 4.78 is 1.64. The Hall–Kier alpha value is -2.98. The molecule has 4 rings (SSSR count). The summed E-state index contributed by atoms with van der Waals surface area (Å²) >= 11 is 0. The van der Waals surface area contributed by atoms with Gasteiger partial charge in [-0.3, -0.25) is 0 Å². The molecule has 0 spiro atoms. The number of nitriles is 1. The predicted octanol–water partition coefficient (Wildman–Crippen LogP) is 1.34. The molecule has 120 valence electrons. The second-order valence-corrected chi connectivity index (χ2v) is 6.15. The van der Waals surface area contributed by atoms with E-state index in [1.54, 1.807) is 23.1 Å². The summed E-state index contributed by atoms with van der Waals surface area (Å²) in [6, 6.07) is 11.6. The average molecular weight is 320 g/mol. The molecule has 2 aromatic heterocycles. The summed E-state index contributed by atoms with van der Waals surface area (Å²) in [5.74, 6) is 0.722. The van der Waals surface area contributed by atoms with Crippen molar-refractivity contribution >= 4 is 16.7 Å². The van der Waals surface area contributed by atoms with E-state index >= 15 is 0 Å². The Balaban J connectivity index is 1.63. The van der Waals surface area contributed by atoms with Gasteiger partial charge in [0.05, 0.1) is 29.9 Å². The third kappa shape index (κ3) is 2.57. The topological polar surface area (TPSA) is 90.9 Å². The monoisotopic (exact) mass is 320 g/mol. The molecule has 1 aliphatic heterocycles. The van der Waals surface area contributed by atoms with Crippen molar-refractivity contribution in [3.8, 4) is 6.07 Å². The highest BCUT2D eigenvalue weighted by atomic mass is 16.3. The number of β-amino-alcohol motifs (C(OH)–C–C–N with tert-alkyl or cyclic N) is 1. The first-order chi connectivity index (χ1) is 11.7. The molecular formula is C17H16N6O. The molecule has 0 aliphatic carbocycles. The Morgan fingerprint density at radius 3 is 3.00 bits per heavy atom. The molecule has 0 bridgehead atoms. The van der Waals surface area contributed by atoms with Gasteiger partial charge in [0.1, 0.15) is 11.4 Å². The molecule has 1 aliphatic rings. The Morgan fingerprint density at radius 2 is 2.21 bits per heavy atom. The van der Waals surface area contributed by atoms with E-state index in [4.69, 9.17) is 0 Å². The van der Waals surface area contributed by atoms with E-state index in [9.17, 15) is 10.4 Å². The highest BCUT2D eigenvalue weighted by molar-refractivity contribution is 5.86. The molecule has 0 saturated carbocycles. The van der Waals surface area contributed by atoms with Crippen LogP contribution in [0.1, 0.15) is 12.0 Å². The zero-order valence-electron chi connectivity index (χ0n) is 13.0. The SMILES string of the molecule is N#Cc1cc(N2CCC(O)(Cn3ccnn3)C2)nc2ccccc12. The van der Waals surface area contributed by atoms with Crippen LogP contribution in [0.3, 0.4) is 0 Å². The third-order valence-electron chi connectivity index (χ3n) is 4.41. The minimum atomic E-state index is -0.881. The molecule has 0 amide bonds. The minimum absolute atomic E-state index is 0.391. The van der Waals surface area contributed by atoms with Gasteiger partial charge in [-0.05, 0) is 18.6 Å². The van der Waals surface area contributed by atoms with E-state index in [0.717, 1.165) is 16.7 Å². The summed E-state index contributed by atoms with van der Waals surface area (Å²) in [6.07, 6.45) is 3.95. The number of fused-ring (bicyclic) bond motifs is 1. The normalized spacial score (nSPS) is 20.4.